The van der Waals surface area contributed by atoms with Gasteiger partial charge in [-0.1, -0.05) is 6.07 Å². The molecule has 3 aromatic rings. The minimum absolute atomic E-state index is 0.0520. The fraction of sp³-hybridized carbons (Fsp3) is 0.167. The molecule has 92 valence electrons. The summed E-state index contributed by atoms with van der Waals surface area (Å²) in [6.07, 6.45) is 5.58. The van der Waals surface area contributed by atoms with E-state index >= 15 is 0 Å². The van der Waals surface area contributed by atoms with E-state index in [1.807, 2.05) is 29.4 Å². The molecule has 0 aliphatic rings. The van der Waals surface area contributed by atoms with Crippen molar-refractivity contribution in [2.45, 2.75) is 6.04 Å². The van der Waals surface area contributed by atoms with Crippen LogP contribution in [0.3, 0.4) is 0 Å². The monoisotopic (exact) mass is 276 g/mol. The Labute approximate surface area is 113 Å². The maximum atomic E-state index is 4.44. The van der Waals surface area contributed by atoms with Crippen molar-refractivity contribution >= 4 is 27.8 Å². The van der Waals surface area contributed by atoms with Crippen LogP contribution < -0.4 is 5.32 Å². The summed E-state index contributed by atoms with van der Waals surface area (Å²) in [7, 11) is 2.01. The number of thiophene rings is 1. The summed E-state index contributed by atoms with van der Waals surface area (Å²) in [5.74, 6) is 0.993. The van der Waals surface area contributed by atoms with Crippen LogP contribution in [0.1, 0.15) is 16.7 Å². The van der Waals surface area contributed by atoms with E-state index < -0.39 is 0 Å². The molecule has 0 aromatic carbocycles. The maximum absolute atomic E-state index is 4.44. The normalized spacial score (nSPS) is 12.5. The summed E-state index contributed by atoms with van der Waals surface area (Å²) in [5, 5.41) is 8.40. The number of hydrogen-bond donors (Lipinski definition) is 1. The van der Waals surface area contributed by atoms with E-state index in [1.165, 1.54) is 4.88 Å². The van der Waals surface area contributed by atoms with Crippen LogP contribution in [-0.2, 0) is 7.05 Å². The Hall–Kier alpha value is -1.66. The highest BCUT2D eigenvalue weighted by atomic mass is 32.1. The van der Waals surface area contributed by atoms with Gasteiger partial charge < -0.3 is 9.88 Å². The van der Waals surface area contributed by atoms with Crippen LogP contribution in [-0.4, -0.2) is 14.5 Å². The third kappa shape index (κ3) is 2.16. The van der Waals surface area contributed by atoms with Gasteiger partial charge in [0, 0.05) is 35.9 Å². The second-order valence-corrected chi connectivity index (χ2v) is 5.70. The quantitative estimate of drug-likeness (QED) is 0.796. The molecule has 0 amide bonds. The highest BCUT2D eigenvalue weighted by Gasteiger charge is 2.19. The zero-order valence-electron chi connectivity index (χ0n) is 9.78. The second kappa shape index (κ2) is 4.91. The molecule has 6 heteroatoms. The molecule has 0 fully saturated rings. The van der Waals surface area contributed by atoms with E-state index in [2.05, 4.69) is 32.8 Å². The first-order chi connectivity index (χ1) is 8.84. The van der Waals surface area contributed by atoms with E-state index in [1.54, 1.807) is 28.9 Å². The molecule has 0 aliphatic heterocycles. The summed E-state index contributed by atoms with van der Waals surface area (Å²) >= 11 is 3.32. The highest BCUT2D eigenvalue weighted by Crippen LogP contribution is 2.29. The van der Waals surface area contributed by atoms with Crippen LogP contribution >= 0.6 is 22.7 Å². The Morgan fingerprint density at radius 1 is 1.22 bits per heavy atom. The van der Waals surface area contributed by atoms with Crippen LogP contribution in [0, 0.1) is 0 Å². The lowest BCUT2D eigenvalue weighted by molar-refractivity contribution is 0.756. The lowest BCUT2D eigenvalue weighted by atomic mass is 10.2. The number of anilines is 1. The van der Waals surface area contributed by atoms with E-state index in [4.69, 9.17) is 0 Å². The predicted molar refractivity (Wildman–Crippen MR) is 75.1 cm³/mol. The molecule has 0 spiro atoms. The largest absolute Gasteiger partial charge is 0.347 e. The van der Waals surface area contributed by atoms with Gasteiger partial charge in [-0.2, -0.15) is 0 Å². The molecule has 3 heterocycles. The molecule has 3 aromatic heterocycles. The summed E-state index contributed by atoms with van der Waals surface area (Å²) in [4.78, 5) is 9.95. The number of imidazole rings is 1. The average Bonchev–Trinajstić information content (AvgIpc) is 3.09. The first-order valence-corrected chi connectivity index (χ1v) is 7.27. The van der Waals surface area contributed by atoms with E-state index in [9.17, 15) is 0 Å². The number of thiazole rings is 1. The van der Waals surface area contributed by atoms with Gasteiger partial charge >= 0.3 is 0 Å². The van der Waals surface area contributed by atoms with Gasteiger partial charge in [0.1, 0.15) is 11.9 Å². The lowest BCUT2D eigenvalue weighted by Gasteiger charge is -2.16. The van der Waals surface area contributed by atoms with Crippen LogP contribution in [0.25, 0.3) is 0 Å². The van der Waals surface area contributed by atoms with Crippen molar-refractivity contribution in [3.05, 3.63) is 52.2 Å². The Balaban J connectivity index is 1.97. The van der Waals surface area contributed by atoms with Crippen LogP contribution in [0.2, 0.25) is 0 Å². The van der Waals surface area contributed by atoms with E-state index in [0.29, 0.717) is 0 Å². The molecule has 0 saturated carbocycles. The third-order valence-electron chi connectivity index (χ3n) is 2.64. The van der Waals surface area contributed by atoms with E-state index in [-0.39, 0.29) is 6.04 Å². The Kier molecular flexibility index (Phi) is 3.12. The van der Waals surface area contributed by atoms with Gasteiger partial charge in [-0.3, -0.25) is 0 Å². The summed E-state index contributed by atoms with van der Waals surface area (Å²) in [6.45, 7) is 0. The number of aryl methyl sites for hydroxylation is 1. The Bertz CT molecular complexity index is 598. The zero-order valence-corrected chi connectivity index (χ0v) is 11.4. The van der Waals surface area contributed by atoms with Gasteiger partial charge in [-0.15, -0.1) is 22.7 Å². The fourth-order valence-corrected chi connectivity index (χ4v) is 3.12. The summed E-state index contributed by atoms with van der Waals surface area (Å²) in [5.41, 5.74) is 0. The molecule has 0 saturated heterocycles. The molecule has 1 unspecified atom stereocenters. The van der Waals surface area contributed by atoms with Crippen molar-refractivity contribution in [1.82, 2.24) is 14.5 Å². The molecule has 18 heavy (non-hydrogen) atoms. The minimum atomic E-state index is 0.0520. The Morgan fingerprint density at radius 3 is 2.78 bits per heavy atom. The number of nitrogens with zero attached hydrogens (tertiary/aromatic N) is 3. The first-order valence-electron chi connectivity index (χ1n) is 5.51. The van der Waals surface area contributed by atoms with Gasteiger partial charge in [0.2, 0.25) is 0 Å². The summed E-state index contributed by atoms with van der Waals surface area (Å²) < 4.78 is 2.03. The van der Waals surface area contributed by atoms with Crippen LogP contribution in [0.5, 0.6) is 0 Å². The molecular formula is C12H12N4S2. The van der Waals surface area contributed by atoms with Crippen molar-refractivity contribution in [1.29, 1.82) is 0 Å². The average molecular weight is 276 g/mol. The second-order valence-electron chi connectivity index (χ2n) is 3.83. The van der Waals surface area contributed by atoms with Gasteiger partial charge in [0.25, 0.3) is 0 Å². The number of nitrogens with one attached hydrogen (secondary N) is 1. The van der Waals surface area contributed by atoms with Crippen molar-refractivity contribution < 1.29 is 0 Å². The predicted octanol–water partition coefficient (Wildman–Crippen LogP) is 3.14. The van der Waals surface area contributed by atoms with E-state index in [0.717, 1.165) is 11.0 Å². The summed E-state index contributed by atoms with van der Waals surface area (Å²) in [6, 6.07) is 4.22. The molecule has 0 radical (unpaired) electrons. The Morgan fingerprint density at radius 2 is 2.17 bits per heavy atom. The fourth-order valence-electron chi connectivity index (χ4n) is 1.79. The molecular weight excluding hydrogens is 264 g/mol. The molecule has 0 bridgehead atoms. The smallest absolute Gasteiger partial charge is 0.183 e. The molecule has 0 aliphatic carbocycles. The van der Waals surface area contributed by atoms with Gasteiger partial charge in [-0.05, 0) is 11.4 Å². The molecule has 1 N–H and O–H groups in total. The third-order valence-corrected chi connectivity index (χ3v) is 4.29. The van der Waals surface area contributed by atoms with Crippen molar-refractivity contribution in [2.24, 2.45) is 7.05 Å². The van der Waals surface area contributed by atoms with Crippen molar-refractivity contribution in [2.75, 3.05) is 5.32 Å². The number of rotatable bonds is 4. The number of hydrogen-bond acceptors (Lipinski definition) is 5. The molecule has 4 nitrogen and oxygen atoms in total. The van der Waals surface area contributed by atoms with Crippen molar-refractivity contribution in [3.63, 3.8) is 0 Å². The van der Waals surface area contributed by atoms with Gasteiger partial charge in [0.15, 0.2) is 5.13 Å². The van der Waals surface area contributed by atoms with Crippen molar-refractivity contribution in [3.8, 4) is 0 Å². The number of aromatic nitrogens is 3. The topological polar surface area (TPSA) is 42.7 Å². The highest BCUT2D eigenvalue weighted by molar-refractivity contribution is 7.13. The van der Waals surface area contributed by atoms with Gasteiger partial charge in [-0.25, -0.2) is 9.97 Å². The molecule has 3 rings (SSSR count). The minimum Gasteiger partial charge on any atom is -0.347 e. The maximum Gasteiger partial charge on any atom is 0.183 e. The van der Waals surface area contributed by atoms with Crippen LogP contribution in [0.4, 0.5) is 5.13 Å². The van der Waals surface area contributed by atoms with Gasteiger partial charge in [0.05, 0.1) is 0 Å². The van der Waals surface area contributed by atoms with Crippen LogP contribution in [0.15, 0.2) is 41.5 Å². The lowest BCUT2D eigenvalue weighted by Crippen LogP contribution is -2.15. The standard InChI is InChI=1S/C12H12N4S2/c1-16-6-4-13-11(16)10(9-3-2-7-17-9)15-12-14-5-8-18-12/h2-8,10H,1H3,(H,14,15). The zero-order chi connectivity index (χ0) is 12.4. The first kappa shape index (κ1) is 11.4. The molecule has 1 atom stereocenters. The SMILES string of the molecule is Cn1ccnc1C(Nc1nccs1)c1cccs1.